The first-order valence-corrected chi connectivity index (χ1v) is 13.9. The molecule has 2 aromatic rings. The van der Waals surface area contributed by atoms with Crippen molar-refractivity contribution in [2.45, 2.75) is 78.6 Å². The monoisotopic (exact) mass is 530 g/mol. The normalized spacial score (nSPS) is 37.7. The maximum Gasteiger partial charge on any atom is 0.328 e. The quantitative estimate of drug-likeness (QED) is 0.439. The molecule has 0 saturated heterocycles. The Bertz CT molecular complexity index is 1350. The highest BCUT2D eigenvalue weighted by Gasteiger charge is 2.68. The van der Waals surface area contributed by atoms with Gasteiger partial charge in [0.2, 0.25) is 0 Å². The third-order valence-corrected chi connectivity index (χ3v) is 10.7. The number of aliphatic hydroxyl groups excluding tert-OH is 1. The summed E-state index contributed by atoms with van der Waals surface area (Å²) in [4.78, 5) is 27.0. The van der Waals surface area contributed by atoms with E-state index >= 15 is 0 Å². The van der Waals surface area contributed by atoms with Crippen LogP contribution in [0.2, 0.25) is 0 Å². The number of nitrogens with zero attached hydrogens (tertiary/aromatic N) is 4. The zero-order valence-electron chi connectivity index (χ0n) is 23.3. The van der Waals surface area contributed by atoms with Crippen LogP contribution in [0.25, 0.3) is 11.3 Å². The number of carbonyl (C=O) groups excluding carboxylic acids is 2. The fourth-order valence-corrected chi connectivity index (χ4v) is 8.13. The Hall–Kier alpha value is -3.31. The van der Waals surface area contributed by atoms with Gasteiger partial charge in [0.25, 0.3) is 0 Å². The molecule has 1 aromatic carbocycles. The van der Waals surface area contributed by atoms with Gasteiger partial charge in [0.15, 0.2) is 0 Å². The molecule has 3 aliphatic rings. The predicted octanol–water partition coefficient (Wildman–Crippen LogP) is 4.72. The average molecular weight is 531 g/mol. The summed E-state index contributed by atoms with van der Waals surface area (Å²) < 4.78 is 7.71. The van der Waals surface area contributed by atoms with Gasteiger partial charge in [0.05, 0.1) is 23.9 Å². The minimum atomic E-state index is -0.708. The molecule has 8 nitrogen and oxygen atoms in total. The van der Waals surface area contributed by atoms with E-state index in [1.807, 2.05) is 13.0 Å². The second kappa shape index (κ2) is 9.71. The van der Waals surface area contributed by atoms with Crippen LogP contribution >= 0.6 is 0 Å². The molecule has 3 fully saturated rings. The number of aromatic nitrogens is 3. The van der Waals surface area contributed by atoms with Crippen LogP contribution in [0.1, 0.15) is 65.4 Å². The van der Waals surface area contributed by atoms with E-state index in [4.69, 9.17) is 4.74 Å². The Morgan fingerprint density at radius 1 is 1.31 bits per heavy atom. The molecular formula is C31H38N4O4. The fourth-order valence-electron chi connectivity index (χ4n) is 8.13. The van der Waals surface area contributed by atoms with Gasteiger partial charge < -0.3 is 9.84 Å². The van der Waals surface area contributed by atoms with E-state index in [9.17, 15) is 20.0 Å². The number of carbonyl (C=O) groups is 2. The molecule has 8 atom stereocenters. The highest BCUT2D eigenvalue weighted by Crippen LogP contribution is 2.68. The van der Waals surface area contributed by atoms with Gasteiger partial charge in [-0.15, -0.1) is 11.7 Å². The summed E-state index contributed by atoms with van der Waals surface area (Å²) >= 11 is 0. The minimum absolute atomic E-state index is 0.0784. The van der Waals surface area contributed by atoms with Crippen LogP contribution in [0.15, 0.2) is 43.1 Å². The van der Waals surface area contributed by atoms with Crippen molar-refractivity contribution in [2.24, 2.45) is 34.0 Å². The van der Waals surface area contributed by atoms with Crippen LogP contribution < -0.4 is 0 Å². The van der Waals surface area contributed by atoms with Gasteiger partial charge in [0.1, 0.15) is 24.1 Å². The number of Topliss-reactive ketones (excluding diaryl/α,β-unsaturated/α-hetero) is 1. The summed E-state index contributed by atoms with van der Waals surface area (Å²) in [5.41, 5.74) is 0.0393. The van der Waals surface area contributed by atoms with E-state index in [1.54, 1.807) is 30.5 Å². The molecule has 0 spiro atoms. The largest absolute Gasteiger partial charge is 0.460 e. The maximum absolute atomic E-state index is 13.5. The Labute approximate surface area is 230 Å². The standard InChI is InChI=1S/C31H38N4O4/c1-6-29(4)15-25(30(5)19(2)11-13-31(20(3)28(29)38)14-12-24(36)27(30)31)39-26(37)18-35-17-23(33-34-35)22-10-8-7-9-21(22)16-32/h6-10,17,19-20,25,27-28,38H,1,11-15,18H2,2-5H3/t19-,20+,25-,27+,28+,29-,30+,31+/m1/s1. The van der Waals surface area contributed by atoms with Crippen LogP contribution in [0.5, 0.6) is 0 Å². The molecule has 39 heavy (non-hydrogen) atoms. The number of hydrogen-bond acceptors (Lipinski definition) is 7. The van der Waals surface area contributed by atoms with Crippen LogP contribution in [0.4, 0.5) is 0 Å². The van der Waals surface area contributed by atoms with Crippen molar-refractivity contribution >= 4 is 11.8 Å². The second-order valence-corrected chi connectivity index (χ2v) is 12.5. The zero-order chi connectivity index (χ0) is 28.2. The number of hydrogen-bond donors (Lipinski definition) is 1. The topological polar surface area (TPSA) is 118 Å². The molecule has 1 aromatic heterocycles. The zero-order valence-corrected chi connectivity index (χ0v) is 23.3. The molecular weight excluding hydrogens is 492 g/mol. The van der Waals surface area contributed by atoms with Gasteiger partial charge >= 0.3 is 5.97 Å². The number of aliphatic hydroxyl groups is 1. The van der Waals surface area contributed by atoms with Gasteiger partial charge in [-0.25, -0.2) is 4.68 Å². The van der Waals surface area contributed by atoms with Crippen LogP contribution in [0.3, 0.4) is 0 Å². The van der Waals surface area contributed by atoms with Crippen molar-refractivity contribution in [3.8, 4) is 17.3 Å². The highest BCUT2D eigenvalue weighted by molar-refractivity contribution is 5.85. The summed E-state index contributed by atoms with van der Waals surface area (Å²) in [6.45, 7) is 12.3. The first-order chi connectivity index (χ1) is 18.5. The summed E-state index contributed by atoms with van der Waals surface area (Å²) in [6.07, 6.45) is 5.58. The predicted molar refractivity (Wildman–Crippen MR) is 145 cm³/mol. The van der Waals surface area contributed by atoms with E-state index in [0.717, 1.165) is 19.3 Å². The van der Waals surface area contributed by atoms with Crippen molar-refractivity contribution in [2.75, 3.05) is 0 Å². The molecule has 0 amide bonds. The number of benzene rings is 1. The minimum Gasteiger partial charge on any atom is -0.460 e. The van der Waals surface area contributed by atoms with E-state index in [0.29, 0.717) is 29.7 Å². The van der Waals surface area contributed by atoms with E-state index in [2.05, 4.69) is 43.7 Å². The molecule has 206 valence electrons. The molecule has 2 bridgehead atoms. The molecule has 0 radical (unpaired) electrons. The van der Waals surface area contributed by atoms with Crippen molar-refractivity contribution in [1.82, 2.24) is 15.0 Å². The second-order valence-electron chi connectivity index (χ2n) is 12.5. The van der Waals surface area contributed by atoms with E-state index in [-0.39, 0.29) is 35.5 Å². The third-order valence-electron chi connectivity index (χ3n) is 10.7. The van der Waals surface area contributed by atoms with Gasteiger partial charge in [-0.2, -0.15) is 5.26 Å². The van der Waals surface area contributed by atoms with Gasteiger partial charge in [-0.05, 0) is 49.0 Å². The summed E-state index contributed by atoms with van der Waals surface area (Å²) in [5.74, 6) is -0.443. The fraction of sp³-hybridized carbons (Fsp3) is 0.581. The molecule has 1 N–H and O–H groups in total. The highest BCUT2D eigenvalue weighted by atomic mass is 16.5. The smallest absolute Gasteiger partial charge is 0.328 e. The van der Waals surface area contributed by atoms with Crippen molar-refractivity contribution in [3.05, 3.63) is 48.7 Å². The third kappa shape index (κ3) is 4.13. The number of ether oxygens (including phenoxy) is 1. The van der Waals surface area contributed by atoms with E-state index < -0.39 is 29.0 Å². The maximum atomic E-state index is 13.5. The lowest BCUT2D eigenvalue weighted by molar-refractivity contribution is -0.207. The number of rotatable bonds is 5. The lowest BCUT2D eigenvalue weighted by Gasteiger charge is -2.61. The molecule has 3 aliphatic carbocycles. The Morgan fingerprint density at radius 3 is 2.77 bits per heavy atom. The molecule has 5 rings (SSSR count). The number of esters is 1. The molecule has 0 aliphatic heterocycles. The summed E-state index contributed by atoms with van der Waals surface area (Å²) in [7, 11) is 0. The Balaban J connectivity index is 1.47. The van der Waals surface area contributed by atoms with Crippen molar-refractivity contribution in [3.63, 3.8) is 0 Å². The molecule has 8 heteroatoms. The van der Waals surface area contributed by atoms with Crippen LogP contribution in [-0.4, -0.2) is 44.1 Å². The Kier molecular flexibility index (Phi) is 6.79. The van der Waals surface area contributed by atoms with Crippen LogP contribution in [0, 0.1) is 45.3 Å². The summed E-state index contributed by atoms with van der Waals surface area (Å²) in [5, 5.41) is 29.4. The van der Waals surface area contributed by atoms with Gasteiger partial charge in [-0.1, -0.05) is 57.2 Å². The average Bonchev–Trinajstić information content (AvgIpc) is 3.54. The summed E-state index contributed by atoms with van der Waals surface area (Å²) in [6, 6.07) is 9.25. The SMILES string of the molecule is C=C[C@]1(C)C[C@@H](OC(=O)Cn2cc(-c3ccccc3C#N)nn2)[C@]2(C)[C@H](C)CC[C@]3(CCC(=O)[C@H]32)[C@@H](C)[C@@H]1O. The van der Waals surface area contributed by atoms with E-state index in [1.165, 1.54) is 4.68 Å². The van der Waals surface area contributed by atoms with Gasteiger partial charge in [0, 0.05) is 28.7 Å². The number of nitriles is 1. The first-order valence-electron chi connectivity index (χ1n) is 13.9. The van der Waals surface area contributed by atoms with Crippen LogP contribution in [-0.2, 0) is 20.9 Å². The Morgan fingerprint density at radius 2 is 2.05 bits per heavy atom. The van der Waals surface area contributed by atoms with Gasteiger partial charge in [-0.3, -0.25) is 9.59 Å². The van der Waals surface area contributed by atoms with Crippen molar-refractivity contribution in [1.29, 1.82) is 5.26 Å². The van der Waals surface area contributed by atoms with Crippen molar-refractivity contribution < 1.29 is 19.4 Å². The first kappa shape index (κ1) is 27.3. The molecule has 0 unspecified atom stereocenters. The lowest BCUT2D eigenvalue weighted by Crippen LogP contribution is -2.63. The number of ketones is 1. The lowest BCUT2D eigenvalue weighted by atomic mass is 9.44. The molecule has 1 heterocycles. The molecule has 3 saturated carbocycles.